The van der Waals surface area contributed by atoms with E-state index in [9.17, 15) is 0 Å². The Labute approximate surface area is 242 Å². The predicted octanol–water partition coefficient (Wildman–Crippen LogP) is 7.92. The first kappa shape index (κ1) is 26.6. The fourth-order valence-electron chi connectivity index (χ4n) is 5.74. The molecule has 1 fully saturated rings. The number of fused-ring (bicyclic) bond motifs is 1. The largest absolute Gasteiger partial charge is 0.363 e. The molecule has 1 aliphatic carbocycles. The number of hydrogen-bond donors (Lipinski definition) is 0. The predicted molar refractivity (Wildman–Crippen MR) is 169 cm³/mol. The lowest BCUT2D eigenvalue weighted by Gasteiger charge is -2.33. The molecule has 0 atom stereocenters. The Morgan fingerprint density at radius 3 is 2.37 bits per heavy atom. The second kappa shape index (κ2) is 11.9. The van der Waals surface area contributed by atoms with E-state index in [0.29, 0.717) is 18.3 Å². The summed E-state index contributed by atoms with van der Waals surface area (Å²) in [4.78, 5) is 23.0. The van der Waals surface area contributed by atoms with Crippen LogP contribution in [-0.2, 0) is 6.54 Å². The Kier molecular flexibility index (Phi) is 7.72. The third kappa shape index (κ3) is 5.82. The van der Waals surface area contributed by atoms with Gasteiger partial charge in [-0.2, -0.15) is 0 Å². The monoisotopic (exact) mass is 540 g/mol. The molecule has 3 heterocycles. The Balaban J connectivity index is 1.32. The SMILES string of the molecule is C=C(C1CCCCC1)N(Cc1ccc(-c2ccc(N(C)C)nc2)cc1)c1ccnc(-c2cccc3cnccc23)n1. The van der Waals surface area contributed by atoms with Crippen LogP contribution in [0.15, 0.2) is 104 Å². The smallest absolute Gasteiger partial charge is 0.162 e. The lowest BCUT2D eigenvalue weighted by atomic mass is 9.86. The molecule has 0 bridgehead atoms. The number of rotatable bonds is 8. The highest BCUT2D eigenvalue weighted by Crippen LogP contribution is 2.35. The van der Waals surface area contributed by atoms with Gasteiger partial charge in [0.25, 0.3) is 0 Å². The van der Waals surface area contributed by atoms with Crippen molar-refractivity contribution in [2.75, 3.05) is 23.9 Å². The van der Waals surface area contributed by atoms with Gasteiger partial charge >= 0.3 is 0 Å². The molecule has 0 aliphatic heterocycles. The van der Waals surface area contributed by atoms with Gasteiger partial charge < -0.3 is 9.80 Å². The van der Waals surface area contributed by atoms with Crippen LogP contribution in [0.4, 0.5) is 11.6 Å². The highest BCUT2D eigenvalue weighted by molar-refractivity contribution is 5.94. The van der Waals surface area contributed by atoms with E-state index in [1.165, 1.54) is 37.7 Å². The minimum Gasteiger partial charge on any atom is -0.363 e. The molecule has 6 heteroatoms. The molecule has 6 rings (SSSR count). The summed E-state index contributed by atoms with van der Waals surface area (Å²) in [5.74, 6) is 3.01. The Bertz CT molecular complexity index is 1630. The lowest BCUT2D eigenvalue weighted by molar-refractivity contribution is 0.395. The highest BCUT2D eigenvalue weighted by Gasteiger charge is 2.23. The molecular formula is C35H36N6. The summed E-state index contributed by atoms with van der Waals surface area (Å²) >= 11 is 0. The summed E-state index contributed by atoms with van der Waals surface area (Å²) in [6, 6.07) is 23.2. The van der Waals surface area contributed by atoms with Crippen molar-refractivity contribution in [2.24, 2.45) is 5.92 Å². The first-order valence-corrected chi connectivity index (χ1v) is 14.4. The third-order valence-electron chi connectivity index (χ3n) is 8.10. The summed E-state index contributed by atoms with van der Waals surface area (Å²) in [6.07, 6.45) is 13.7. The second-order valence-electron chi connectivity index (χ2n) is 11.0. The van der Waals surface area contributed by atoms with Crippen molar-refractivity contribution in [1.29, 1.82) is 0 Å². The van der Waals surface area contributed by atoms with Crippen LogP contribution in [0.25, 0.3) is 33.3 Å². The first-order valence-electron chi connectivity index (χ1n) is 14.4. The topological polar surface area (TPSA) is 58.0 Å². The van der Waals surface area contributed by atoms with E-state index >= 15 is 0 Å². The molecule has 6 nitrogen and oxygen atoms in total. The van der Waals surface area contributed by atoms with E-state index in [4.69, 9.17) is 4.98 Å². The normalized spacial score (nSPS) is 13.7. The molecule has 0 amide bonds. The molecule has 2 aromatic carbocycles. The maximum absolute atomic E-state index is 5.11. The maximum atomic E-state index is 5.11. The zero-order valence-corrected chi connectivity index (χ0v) is 23.9. The van der Waals surface area contributed by atoms with Crippen molar-refractivity contribution in [3.8, 4) is 22.5 Å². The number of allylic oxidation sites excluding steroid dienone is 1. The van der Waals surface area contributed by atoms with Gasteiger partial charge in [0.05, 0.1) is 0 Å². The molecule has 0 unspecified atom stereocenters. The number of nitrogens with zero attached hydrogens (tertiary/aromatic N) is 6. The van der Waals surface area contributed by atoms with Crippen LogP contribution in [0, 0.1) is 5.92 Å². The summed E-state index contributed by atoms with van der Waals surface area (Å²) in [6.45, 7) is 5.33. The number of anilines is 2. The van der Waals surface area contributed by atoms with Gasteiger partial charge in [0.2, 0.25) is 0 Å². The molecule has 206 valence electrons. The summed E-state index contributed by atoms with van der Waals surface area (Å²) < 4.78 is 0. The molecule has 5 aromatic rings. The minimum absolute atomic E-state index is 0.464. The standard InChI is InChI=1S/C35H36N6/c1-25(27-8-5-4-6-9-27)41(24-26-12-14-28(15-13-26)29-16-17-33(38-23-29)40(2)3)34-19-21-37-35(39-34)32-11-7-10-30-22-36-20-18-31(30)32/h7,10-23,27H,1,4-6,8-9,24H2,2-3H3. The van der Waals surface area contributed by atoms with Crippen LogP contribution < -0.4 is 9.80 Å². The van der Waals surface area contributed by atoms with E-state index in [1.54, 1.807) is 0 Å². The van der Waals surface area contributed by atoms with Crippen molar-refractivity contribution in [1.82, 2.24) is 19.9 Å². The van der Waals surface area contributed by atoms with Crippen LogP contribution >= 0.6 is 0 Å². The maximum Gasteiger partial charge on any atom is 0.162 e. The zero-order chi connectivity index (χ0) is 28.2. The van der Waals surface area contributed by atoms with Gasteiger partial charge in [-0.15, -0.1) is 0 Å². The van der Waals surface area contributed by atoms with E-state index in [-0.39, 0.29) is 0 Å². The van der Waals surface area contributed by atoms with Crippen LogP contribution in [0.1, 0.15) is 37.7 Å². The van der Waals surface area contributed by atoms with Gasteiger partial charge in [0.1, 0.15) is 11.6 Å². The molecule has 0 saturated heterocycles. The van der Waals surface area contributed by atoms with E-state index in [0.717, 1.165) is 44.8 Å². The van der Waals surface area contributed by atoms with Crippen LogP contribution in [-0.4, -0.2) is 34.0 Å². The fourth-order valence-corrected chi connectivity index (χ4v) is 5.74. The van der Waals surface area contributed by atoms with Crippen LogP contribution in [0.2, 0.25) is 0 Å². The molecule has 1 saturated carbocycles. The van der Waals surface area contributed by atoms with E-state index < -0.39 is 0 Å². The molecule has 0 N–H and O–H groups in total. The highest BCUT2D eigenvalue weighted by atomic mass is 15.2. The van der Waals surface area contributed by atoms with Gasteiger partial charge in [0.15, 0.2) is 5.82 Å². The van der Waals surface area contributed by atoms with Gasteiger partial charge in [-0.05, 0) is 59.5 Å². The molecule has 1 aliphatic rings. The Morgan fingerprint density at radius 1 is 0.805 bits per heavy atom. The van der Waals surface area contributed by atoms with Gasteiger partial charge in [-0.25, -0.2) is 15.0 Å². The summed E-state index contributed by atoms with van der Waals surface area (Å²) in [5, 5.41) is 2.18. The number of benzene rings is 2. The number of hydrogen-bond acceptors (Lipinski definition) is 6. The average Bonchev–Trinajstić information content (AvgIpc) is 3.04. The van der Waals surface area contributed by atoms with Crippen molar-refractivity contribution < 1.29 is 0 Å². The average molecular weight is 541 g/mol. The summed E-state index contributed by atoms with van der Waals surface area (Å²) in [5.41, 5.74) is 5.62. The molecule has 0 radical (unpaired) electrons. The van der Waals surface area contributed by atoms with E-state index in [2.05, 4.69) is 75.0 Å². The summed E-state index contributed by atoms with van der Waals surface area (Å²) in [7, 11) is 4.01. The zero-order valence-electron chi connectivity index (χ0n) is 23.9. The molecule has 3 aromatic heterocycles. The van der Waals surface area contributed by atoms with Gasteiger partial charge in [-0.1, -0.05) is 68.3 Å². The van der Waals surface area contributed by atoms with Crippen molar-refractivity contribution >= 4 is 22.4 Å². The quantitative estimate of drug-likeness (QED) is 0.199. The lowest BCUT2D eigenvalue weighted by Crippen LogP contribution is -2.28. The Morgan fingerprint density at radius 2 is 1.61 bits per heavy atom. The minimum atomic E-state index is 0.464. The van der Waals surface area contributed by atoms with Crippen molar-refractivity contribution in [3.63, 3.8) is 0 Å². The van der Waals surface area contributed by atoms with Crippen LogP contribution in [0.5, 0.6) is 0 Å². The number of aromatic nitrogens is 4. The van der Waals surface area contributed by atoms with Gasteiger partial charge in [-0.3, -0.25) is 4.98 Å². The van der Waals surface area contributed by atoms with Crippen LogP contribution in [0.3, 0.4) is 0 Å². The number of pyridine rings is 2. The second-order valence-corrected chi connectivity index (χ2v) is 11.0. The molecule has 0 spiro atoms. The Hall–Kier alpha value is -4.58. The third-order valence-corrected chi connectivity index (χ3v) is 8.10. The fraction of sp³-hybridized carbons (Fsp3) is 0.257. The van der Waals surface area contributed by atoms with Gasteiger partial charge in [0, 0.05) is 67.6 Å². The molecule has 41 heavy (non-hydrogen) atoms. The molecular weight excluding hydrogens is 504 g/mol. The first-order chi connectivity index (χ1) is 20.1. The van der Waals surface area contributed by atoms with E-state index in [1.807, 2.05) is 62.0 Å². The van der Waals surface area contributed by atoms with Crippen molar-refractivity contribution in [2.45, 2.75) is 38.6 Å². The van der Waals surface area contributed by atoms with Crippen molar-refractivity contribution in [3.05, 3.63) is 109 Å².